The van der Waals surface area contributed by atoms with Crippen molar-refractivity contribution in [3.05, 3.63) is 17.3 Å². The Bertz CT molecular complexity index is 464. The summed E-state index contributed by atoms with van der Waals surface area (Å²) in [5, 5.41) is 8.66. The lowest BCUT2D eigenvalue weighted by Gasteiger charge is -2.16. The van der Waals surface area contributed by atoms with E-state index in [2.05, 4.69) is 9.71 Å². The van der Waals surface area contributed by atoms with Gasteiger partial charge in [-0.1, -0.05) is 0 Å². The molecule has 104 valence electrons. The van der Waals surface area contributed by atoms with E-state index in [1.165, 1.54) is 7.05 Å². The van der Waals surface area contributed by atoms with Gasteiger partial charge in [0.25, 0.3) is 10.2 Å². The Labute approximate surface area is 107 Å². The molecule has 0 aliphatic rings. The fourth-order valence-electron chi connectivity index (χ4n) is 1.29. The average Bonchev–Trinajstić information content (AvgIpc) is 2.63. The third kappa shape index (κ3) is 4.05. The van der Waals surface area contributed by atoms with Crippen molar-refractivity contribution < 1.29 is 17.9 Å². The molecule has 0 saturated heterocycles. The Morgan fingerprint density at radius 1 is 1.44 bits per heavy atom. The molecule has 0 spiro atoms. The van der Waals surface area contributed by atoms with Crippen molar-refractivity contribution in [2.75, 3.05) is 20.2 Å². The van der Waals surface area contributed by atoms with Crippen LogP contribution in [0.3, 0.4) is 0 Å². The molecule has 18 heavy (non-hydrogen) atoms. The van der Waals surface area contributed by atoms with E-state index in [9.17, 15) is 8.42 Å². The Balaban J connectivity index is 2.56. The van der Waals surface area contributed by atoms with E-state index in [1.807, 2.05) is 0 Å². The van der Waals surface area contributed by atoms with Crippen LogP contribution in [-0.4, -0.2) is 43.0 Å². The molecule has 0 bridgehead atoms. The van der Waals surface area contributed by atoms with E-state index in [-0.39, 0.29) is 19.7 Å². The summed E-state index contributed by atoms with van der Waals surface area (Å²) in [4.78, 5) is 4.08. The van der Waals surface area contributed by atoms with Crippen LogP contribution in [0.1, 0.15) is 23.8 Å². The molecule has 0 saturated carbocycles. The van der Waals surface area contributed by atoms with Crippen LogP contribution in [0.25, 0.3) is 0 Å². The first kappa shape index (κ1) is 15.1. The van der Waals surface area contributed by atoms with E-state index in [1.54, 1.807) is 13.8 Å². The standard InChI is InChI=1S/C10H19N3O4S/c1-8-9(2)17-10(12-8)7-11-18(15,16)13(3)5-4-6-14/h11,14H,4-7H2,1-3H3. The second-order valence-electron chi connectivity index (χ2n) is 3.97. The van der Waals surface area contributed by atoms with E-state index in [0.29, 0.717) is 18.1 Å². The van der Waals surface area contributed by atoms with E-state index >= 15 is 0 Å². The Hall–Kier alpha value is -0.960. The molecule has 0 aliphatic heterocycles. The summed E-state index contributed by atoms with van der Waals surface area (Å²) < 4.78 is 32.3. The minimum Gasteiger partial charge on any atom is -0.444 e. The van der Waals surface area contributed by atoms with E-state index < -0.39 is 10.2 Å². The lowest BCUT2D eigenvalue weighted by atomic mass is 10.4. The van der Waals surface area contributed by atoms with Gasteiger partial charge >= 0.3 is 0 Å². The van der Waals surface area contributed by atoms with Crippen molar-refractivity contribution in [3.8, 4) is 0 Å². The fraction of sp³-hybridized carbons (Fsp3) is 0.700. The number of hydrogen-bond donors (Lipinski definition) is 2. The largest absolute Gasteiger partial charge is 0.444 e. The highest BCUT2D eigenvalue weighted by atomic mass is 32.2. The predicted molar refractivity (Wildman–Crippen MR) is 66.1 cm³/mol. The third-order valence-corrected chi connectivity index (χ3v) is 4.03. The summed E-state index contributed by atoms with van der Waals surface area (Å²) in [6.07, 6.45) is 0.397. The topological polar surface area (TPSA) is 95.7 Å². The molecule has 0 unspecified atom stereocenters. The lowest BCUT2D eigenvalue weighted by molar-refractivity contribution is 0.275. The zero-order valence-electron chi connectivity index (χ0n) is 10.8. The Kier molecular flexibility index (Phi) is 5.27. The van der Waals surface area contributed by atoms with Crippen LogP contribution >= 0.6 is 0 Å². The van der Waals surface area contributed by atoms with Crippen molar-refractivity contribution in [1.29, 1.82) is 0 Å². The first-order valence-corrected chi connectivity index (χ1v) is 7.05. The third-order valence-electron chi connectivity index (χ3n) is 2.52. The molecule has 0 fully saturated rings. The molecule has 8 heteroatoms. The zero-order chi connectivity index (χ0) is 13.8. The van der Waals surface area contributed by atoms with Crippen LogP contribution in [0.2, 0.25) is 0 Å². The summed E-state index contributed by atoms with van der Waals surface area (Å²) >= 11 is 0. The summed E-state index contributed by atoms with van der Waals surface area (Å²) in [7, 11) is -2.11. The van der Waals surface area contributed by atoms with Gasteiger partial charge in [0.1, 0.15) is 5.76 Å². The minimum absolute atomic E-state index is 0.0144. The number of aryl methyl sites for hydroxylation is 2. The molecule has 1 heterocycles. The normalized spacial score (nSPS) is 12.3. The average molecular weight is 277 g/mol. The summed E-state index contributed by atoms with van der Waals surface area (Å²) in [5.74, 6) is 1.02. The molecule has 1 aromatic heterocycles. The van der Waals surface area contributed by atoms with Crippen molar-refractivity contribution in [2.24, 2.45) is 0 Å². The van der Waals surface area contributed by atoms with Crippen molar-refractivity contribution in [3.63, 3.8) is 0 Å². The number of hydrogen-bond acceptors (Lipinski definition) is 5. The first-order valence-electron chi connectivity index (χ1n) is 5.61. The van der Waals surface area contributed by atoms with Gasteiger partial charge in [-0.25, -0.2) is 4.98 Å². The SMILES string of the molecule is Cc1nc(CNS(=O)(=O)N(C)CCCO)oc1C. The molecule has 0 atom stereocenters. The highest BCUT2D eigenvalue weighted by Crippen LogP contribution is 2.08. The van der Waals surface area contributed by atoms with Crippen LogP contribution in [0.5, 0.6) is 0 Å². The number of aromatic nitrogens is 1. The first-order chi connectivity index (χ1) is 8.36. The molecule has 2 N–H and O–H groups in total. The molecular weight excluding hydrogens is 258 g/mol. The second-order valence-corrected chi connectivity index (χ2v) is 5.84. The van der Waals surface area contributed by atoms with Crippen LogP contribution < -0.4 is 4.72 Å². The molecule has 1 aromatic rings. The molecule has 0 amide bonds. The molecule has 0 aromatic carbocycles. The Morgan fingerprint density at radius 3 is 2.61 bits per heavy atom. The maximum absolute atomic E-state index is 11.8. The quantitative estimate of drug-likeness (QED) is 0.728. The van der Waals surface area contributed by atoms with Crippen LogP contribution in [0.15, 0.2) is 4.42 Å². The maximum Gasteiger partial charge on any atom is 0.279 e. The van der Waals surface area contributed by atoms with Crippen molar-refractivity contribution in [1.82, 2.24) is 14.0 Å². The number of nitrogens with zero attached hydrogens (tertiary/aromatic N) is 2. The van der Waals surface area contributed by atoms with Crippen LogP contribution in [-0.2, 0) is 16.8 Å². The Morgan fingerprint density at radius 2 is 2.11 bits per heavy atom. The number of oxazole rings is 1. The van der Waals surface area contributed by atoms with Gasteiger partial charge in [-0.15, -0.1) is 0 Å². The van der Waals surface area contributed by atoms with Gasteiger partial charge in [-0.05, 0) is 20.3 Å². The van der Waals surface area contributed by atoms with Crippen LogP contribution in [0.4, 0.5) is 0 Å². The highest BCUT2D eigenvalue weighted by Gasteiger charge is 2.17. The number of rotatable bonds is 7. The van der Waals surface area contributed by atoms with Gasteiger partial charge in [0.15, 0.2) is 0 Å². The van der Waals surface area contributed by atoms with Gasteiger partial charge in [-0.3, -0.25) is 0 Å². The molecular formula is C10H19N3O4S. The van der Waals surface area contributed by atoms with E-state index in [4.69, 9.17) is 9.52 Å². The molecule has 0 aliphatic carbocycles. The van der Waals surface area contributed by atoms with Gasteiger partial charge in [0.2, 0.25) is 5.89 Å². The van der Waals surface area contributed by atoms with Gasteiger partial charge in [0, 0.05) is 20.2 Å². The number of nitrogens with one attached hydrogen (secondary N) is 1. The van der Waals surface area contributed by atoms with Gasteiger partial charge < -0.3 is 9.52 Å². The lowest BCUT2D eigenvalue weighted by Crippen LogP contribution is -2.38. The van der Waals surface area contributed by atoms with Crippen LogP contribution in [0, 0.1) is 13.8 Å². The smallest absolute Gasteiger partial charge is 0.279 e. The second kappa shape index (κ2) is 6.28. The summed E-state index contributed by atoms with van der Waals surface area (Å²) in [5.41, 5.74) is 0.748. The number of aliphatic hydroxyl groups is 1. The zero-order valence-corrected chi connectivity index (χ0v) is 11.6. The summed E-state index contributed by atoms with van der Waals surface area (Å²) in [6, 6.07) is 0. The van der Waals surface area contributed by atoms with Gasteiger partial charge in [-0.2, -0.15) is 17.4 Å². The predicted octanol–water partition coefficient (Wildman–Crippen LogP) is -0.0600. The van der Waals surface area contributed by atoms with Gasteiger partial charge in [0.05, 0.1) is 12.2 Å². The van der Waals surface area contributed by atoms with E-state index in [0.717, 1.165) is 10.00 Å². The van der Waals surface area contributed by atoms with Crippen molar-refractivity contribution in [2.45, 2.75) is 26.8 Å². The molecule has 0 radical (unpaired) electrons. The van der Waals surface area contributed by atoms with Crippen molar-refractivity contribution >= 4 is 10.2 Å². The monoisotopic (exact) mass is 277 g/mol. The minimum atomic E-state index is -3.56. The molecule has 1 rings (SSSR count). The molecule has 7 nitrogen and oxygen atoms in total. The summed E-state index contributed by atoms with van der Waals surface area (Å²) in [6.45, 7) is 3.80. The maximum atomic E-state index is 11.8. The number of aliphatic hydroxyl groups excluding tert-OH is 1. The fourth-order valence-corrected chi connectivity index (χ4v) is 2.19. The highest BCUT2D eigenvalue weighted by molar-refractivity contribution is 7.87.